The van der Waals surface area contributed by atoms with Gasteiger partial charge in [0.25, 0.3) is 0 Å². The molecule has 3 rings (SSSR count). The average Bonchev–Trinajstić information content (AvgIpc) is 2.69. The van der Waals surface area contributed by atoms with Gasteiger partial charge in [-0.1, -0.05) is 48.1 Å². The summed E-state index contributed by atoms with van der Waals surface area (Å²) in [7, 11) is 0. The van der Waals surface area contributed by atoms with Crippen LogP contribution in [0.2, 0.25) is 5.02 Å². The van der Waals surface area contributed by atoms with Gasteiger partial charge >= 0.3 is 0 Å². The van der Waals surface area contributed by atoms with Crippen LogP contribution in [0.1, 0.15) is 16.7 Å². The van der Waals surface area contributed by atoms with Gasteiger partial charge in [0.05, 0.1) is 6.61 Å². The van der Waals surface area contributed by atoms with E-state index in [1.54, 1.807) is 53.4 Å². The minimum atomic E-state index is -0.248. The van der Waals surface area contributed by atoms with Gasteiger partial charge in [0, 0.05) is 22.3 Å². The maximum absolute atomic E-state index is 13.3. The fourth-order valence-electron chi connectivity index (χ4n) is 2.75. The third-order valence-electron chi connectivity index (χ3n) is 4.12. The monoisotopic (exact) mass is 410 g/mol. The summed E-state index contributed by atoms with van der Waals surface area (Å²) >= 11 is 11.5. The normalized spacial score (nSPS) is 11.7. The average molecular weight is 411 g/mol. The lowest BCUT2D eigenvalue weighted by atomic mass is 10.1. The molecule has 2 N–H and O–H groups in total. The van der Waals surface area contributed by atoms with Crippen LogP contribution >= 0.6 is 23.8 Å². The molecule has 0 spiro atoms. The molecule has 0 aliphatic carbocycles. The van der Waals surface area contributed by atoms with Gasteiger partial charge in [0.15, 0.2) is 17.4 Å². The molecule has 0 saturated heterocycles. The van der Waals surface area contributed by atoms with Crippen LogP contribution in [-0.4, -0.2) is 10.1 Å². The molecule has 1 aromatic heterocycles. The van der Waals surface area contributed by atoms with Gasteiger partial charge in [0.1, 0.15) is 0 Å². The van der Waals surface area contributed by atoms with Gasteiger partial charge < -0.3 is 15.5 Å². The number of aliphatic hydroxyl groups is 1. The SMILES string of the molecule is Cc1cccc(NC(=S)C(=C([O-])c2ccc(Cl)cc2)[n+]2cccc(CO)c2)c1. The van der Waals surface area contributed by atoms with Gasteiger partial charge in [0.2, 0.25) is 5.70 Å². The van der Waals surface area contributed by atoms with Crippen LogP contribution in [0.4, 0.5) is 5.69 Å². The Labute approximate surface area is 174 Å². The van der Waals surface area contributed by atoms with E-state index < -0.39 is 0 Å². The van der Waals surface area contributed by atoms with E-state index in [4.69, 9.17) is 23.8 Å². The largest absolute Gasteiger partial charge is 0.867 e. The van der Waals surface area contributed by atoms with E-state index in [0.717, 1.165) is 11.3 Å². The smallest absolute Gasteiger partial charge is 0.238 e. The number of thiocarbonyl (C=S) groups is 1. The van der Waals surface area contributed by atoms with Gasteiger partial charge in [-0.3, -0.25) is 0 Å². The minimum Gasteiger partial charge on any atom is -0.867 e. The molecular weight excluding hydrogens is 392 g/mol. The van der Waals surface area contributed by atoms with Crippen molar-refractivity contribution >= 4 is 46.0 Å². The van der Waals surface area contributed by atoms with Crippen molar-refractivity contribution in [3.05, 3.63) is 94.8 Å². The Hall–Kier alpha value is -2.73. The summed E-state index contributed by atoms with van der Waals surface area (Å²) in [6.07, 6.45) is 3.42. The number of rotatable bonds is 5. The molecule has 0 aliphatic heterocycles. The summed E-state index contributed by atoms with van der Waals surface area (Å²) in [5.74, 6) is -0.248. The third-order valence-corrected chi connectivity index (χ3v) is 4.66. The van der Waals surface area contributed by atoms with Gasteiger partial charge in [-0.05, 0) is 54.1 Å². The highest BCUT2D eigenvalue weighted by atomic mass is 35.5. The lowest BCUT2D eigenvalue weighted by molar-refractivity contribution is -0.578. The molecule has 0 bridgehead atoms. The summed E-state index contributed by atoms with van der Waals surface area (Å²) in [5, 5.41) is 26.4. The first kappa shape index (κ1) is 20.0. The Balaban J connectivity index is 2.09. The predicted octanol–water partition coefficient (Wildman–Crippen LogP) is 3.55. The van der Waals surface area contributed by atoms with Crippen LogP contribution in [0.25, 0.3) is 11.5 Å². The molecule has 1 heterocycles. The molecule has 0 unspecified atom stereocenters. The Morgan fingerprint density at radius 3 is 2.57 bits per heavy atom. The summed E-state index contributed by atoms with van der Waals surface area (Å²) in [4.78, 5) is 0.283. The van der Waals surface area contributed by atoms with Gasteiger partial charge in [-0.2, -0.15) is 4.57 Å². The maximum atomic E-state index is 13.3. The van der Waals surface area contributed by atoms with Crippen LogP contribution in [0.5, 0.6) is 0 Å². The van der Waals surface area contributed by atoms with Crippen molar-refractivity contribution in [3.63, 3.8) is 0 Å². The zero-order chi connectivity index (χ0) is 20.1. The number of halogens is 1. The second-order valence-electron chi connectivity index (χ2n) is 6.29. The van der Waals surface area contributed by atoms with Crippen molar-refractivity contribution in [1.82, 2.24) is 0 Å². The number of pyridine rings is 1. The van der Waals surface area contributed by atoms with Crippen LogP contribution in [0.3, 0.4) is 0 Å². The van der Waals surface area contributed by atoms with Crippen molar-refractivity contribution < 1.29 is 14.8 Å². The van der Waals surface area contributed by atoms with Crippen LogP contribution in [0, 0.1) is 6.92 Å². The Morgan fingerprint density at radius 1 is 1.14 bits per heavy atom. The first-order chi connectivity index (χ1) is 13.5. The molecule has 0 aliphatic rings. The Morgan fingerprint density at radius 2 is 1.89 bits per heavy atom. The van der Waals surface area contributed by atoms with Gasteiger partial charge in [-0.25, -0.2) is 0 Å². The number of aliphatic hydroxyl groups excluding tert-OH is 1. The van der Waals surface area contributed by atoms with E-state index in [0.29, 0.717) is 16.1 Å². The van der Waals surface area contributed by atoms with E-state index in [9.17, 15) is 10.2 Å². The minimum absolute atomic E-state index is 0.138. The fraction of sp³-hybridized carbons (Fsp3) is 0.0909. The zero-order valence-electron chi connectivity index (χ0n) is 15.2. The number of aromatic nitrogens is 1. The number of aryl methyl sites for hydroxylation is 1. The maximum Gasteiger partial charge on any atom is 0.238 e. The molecule has 142 valence electrons. The molecular formula is C22H19ClN2O2S. The van der Waals surface area contributed by atoms with Crippen LogP contribution in [0.15, 0.2) is 73.1 Å². The second-order valence-corrected chi connectivity index (χ2v) is 7.13. The molecule has 0 fully saturated rings. The molecule has 4 nitrogen and oxygen atoms in total. The van der Waals surface area contributed by atoms with Crippen molar-refractivity contribution in [2.45, 2.75) is 13.5 Å². The van der Waals surface area contributed by atoms with Crippen molar-refractivity contribution in [2.24, 2.45) is 0 Å². The first-order valence-corrected chi connectivity index (χ1v) is 9.43. The van der Waals surface area contributed by atoms with Gasteiger partial charge in [-0.15, -0.1) is 0 Å². The van der Waals surface area contributed by atoms with E-state index >= 15 is 0 Å². The zero-order valence-corrected chi connectivity index (χ0v) is 16.8. The van der Waals surface area contributed by atoms with E-state index in [-0.39, 0.29) is 23.1 Å². The number of benzene rings is 2. The number of hydrogen-bond acceptors (Lipinski definition) is 3. The summed E-state index contributed by atoms with van der Waals surface area (Å²) in [5.41, 5.74) is 3.30. The molecule has 6 heteroatoms. The van der Waals surface area contributed by atoms with E-state index in [1.165, 1.54) is 0 Å². The lowest BCUT2D eigenvalue weighted by Crippen LogP contribution is -2.40. The summed E-state index contributed by atoms with van der Waals surface area (Å²) < 4.78 is 1.63. The topological polar surface area (TPSA) is 59.2 Å². The van der Waals surface area contributed by atoms with Crippen molar-refractivity contribution in [2.75, 3.05) is 5.32 Å². The first-order valence-electron chi connectivity index (χ1n) is 8.64. The Bertz CT molecular complexity index is 1030. The molecule has 0 radical (unpaired) electrons. The van der Waals surface area contributed by atoms with Crippen LogP contribution < -0.4 is 15.0 Å². The number of nitrogens with zero attached hydrogens (tertiary/aromatic N) is 1. The highest BCUT2D eigenvalue weighted by molar-refractivity contribution is 7.81. The second kappa shape index (κ2) is 8.97. The fourth-order valence-corrected chi connectivity index (χ4v) is 3.19. The van der Waals surface area contributed by atoms with Crippen LogP contribution in [-0.2, 0) is 6.61 Å². The van der Waals surface area contributed by atoms with E-state index in [2.05, 4.69) is 5.32 Å². The Kier molecular flexibility index (Phi) is 6.41. The van der Waals surface area contributed by atoms with Crippen molar-refractivity contribution in [1.29, 1.82) is 0 Å². The molecule has 28 heavy (non-hydrogen) atoms. The summed E-state index contributed by atoms with van der Waals surface area (Å²) in [6, 6.07) is 17.9. The molecule has 0 amide bonds. The van der Waals surface area contributed by atoms with Crippen molar-refractivity contribution in [3.8, 4) is 0 Å². The molecule has 0 saturated carbocycles. The molecule has 3 aromatic rings. The quantitative estimate of drug-likeness (QED) is 0.292. The molecule has 0 atom stereocenters. The highest BCUT2D eigenvalue weighted by Gasteiger charge is 2.19. The third kappa shape index (κ3) is 4.75. The number of nitrogens with one attached hydrogen (secondary N) is 1. The summed E-state index contributed by atoms with van der Waals surface area (Å²) in [6.45, 7) is 1.85. The number of hydrogen-bond donors (Lipinski definition) is 2. The predicted molar refractivity (Wildman–Crippen MR) is 115 cm³/mol. The van der Waals surface area contributed by atoms with E-state index in [1.807, 2.05) is 31.2 Å². The molecule has 2 aromatic carbocycles. The highest BCUT2D eigenvalue weighted by Crippen LogP contribution is 2.19. The lowest BCUT2D eigenvalue weighted by Gasteiger charge is -2.17. The number of anilines is 1. The standard InChI is InChI=1S/C22H19ClN2O2S/c1-15-4-2-6-19(12-15)24-22(28)20(25-11-3-5-16(13-25)14-26)21(27)17-7-9-18(23)10-8-17/h2-13,26H,14H2,1H3,(H-,24,27,28).